The fourth-order valence-corrected chi connectivity index (χ4v) is 11.6. The zero-order chi connectivity index (χ0) is 24.9. The van der Waals surface area contributed by atoms with E-state index in [2.05, 4.69) is 46.5 Å². The van der Waals surface area contributed by atoms with Crippen molar-refractivity contribution >= 4 is 11.6 Å². The van der Waals surface area contributed by atoms with E-state index in [1.54, 1.807) is 0 Å². The second kappa shape index (κ2) is 7.56. The van der Waals surface area contributed by atoms with Crippen LogP contribution in [-0.4, -0.2) is 29.9 Å². The van der Waals surface area contributed by atoms with Crippen molar-refractivity contribution in [1.29, 1.82) is 0 Å². The number of amides is 1. The lowest BCUT2D eigenvalue weighted by atomic mass is 9.32. The highest BCUT2D eigenvalue weighted by atomic mass is 16.3. The first kappa shape index (κ1) is 24.8. The molecule has 0 radical (unpaired) electrons. The van der Waals surface area contributed by atoms with Gasteiger partial charge in [0.05, 0.1) is 11.5 Å². The summed E-state index contributed by atoms with van der Waals surface area (Å²) in [4.78, 5) is 17.7. The zero-order valence-electron chi connectivity index (χ0n) is 22.9. The fourth-order valence-electron chi connectivity index (χ4n) is 11.6. The fraction of sp³-hybridized carbons (Fsp3) is 0.933. The van der Waals surface area contributed by atoms with Crippen molar-refractivity contribution in [2.45, 2.75) is 112 Å². The van der Waals surface area contributed by atoms with Crippen LogP contribution in [0.25, 0.3) is 0 Å². The number of rotatable bonds is 2. The molecule has 4 unspecified atom stereocenters. The molecule has 10 atom stereocenters. The van der Waals surface area contributed by atoms with E-state index in [-0.39, 0.29) is 39.1 Å². The number of fused-ring (bicyclic) bond motifs is 7. The summed E-state index contributed by atoms with van der Waals surface area (Å²) in [7, 11) is 1.92. The highest BCUT2D eigenvalue weighted by Gasteiger charge is 2.71. The Hall–Kier alpha value is -0.900. The van der Waals surface area contributed by atoms with E-state index in [1.807, 2.05) is 7.05 Å². The number of nitrogens with two attached hydrogens (primary N) is 1. The SMILES string of the molecule is CN=C(C)[C@@H]1CC[C@]2(C(N)=O)CC[C@]3(C)C(CCC4[C@@]5(C)CC[C@H](O)C(C)(C)C5CC[C@]43C)C12. The number of aliphatic hydroxyl groups excluding tert-OH is 1. The second-order valence-electron chi connectivity index (χ2n) is 14.6. The molecule has 0 aromatic rings. The van der Waals surface area contributed by atoms with Gasteiger partial charge in [0, 0.05) is 18.7 Å². The van der Waals surface area contributed by atoms with Gasteiger partial charge in [-0.05, 0) is 116 Å². The molecule has 0 bridgehead atoms. The minimum absolute atomic E-state index is 0.00891. The summed E-state index contributed by atoms with van der Waals surface area (Å²) >= 11 is 0. The first-order valence-electron chi connectivity index (χ1n) is 14.2. The molecule has 0 spiro atoms. The van der Waals surface area contributed by atoms with Gasteiger partial charge in [0.15, 0.2) is 0 Å². The summed E-state index contributed by atoms with van der Waals surface area (Å²) < 4.78 is 0. The number of hydrogen-bond donors (Lipinski definition) is 2. The maximum absolute atomic E-state index is 13.1. The Balaban J connectivity index is 1.57. The van der Waals surface area contributed by atoms with Crippen LogP contribution >= 0.6 is 0 Å². The van der Waals surface area contributed by atoms with Gasteiger partial charge in [-0.1, -0.05) is 34.6 Å². The summed E-state index contributed by atoms with van der Waals surface area (Å²) in [5.41, 5.74) is 7.90. The maximum atomic E-state index is 13.1. The molecular weight excluding hydrogens is 420 g/mol. The maximum Gasteiger partial charge on any atom is 0.223 e. The number of aliphatic hydroxyl groups is 1. The van der Waals surface area contributed by atoms with E-state index in [1.165, 1.54) is 31.4 Å². The monoisotopic (exact) mass is 470 g/mol. The molecule has 5 aliphatic rings. The Morgan fingerprint density at radius 1 is 0.853 bits per heavy atom. The summed E-state index contributed by atoms with van der Waals surface area (Å²) in [6.45, 7) is 14.7. The van der Waals surface area contributed by atoms with Crippen molar-refractivity contribution in [3.05, 3.63) is 0 Å². The van der Waals surface area contributed by atoms with Gasteiger partial charge in [-0.15, -0.1) is 0 Å². The average Bonchev–Trinajstić information content (AvgIpc) is 3.18. The van der Waals surface area contributed by atoms with E-state index in [0.717, 1.165) is 38.5 Å². The topological polar surface area (TPSA) is 75.7 Å². The quantitative estimate of drug-likeness (QED) is 0.485. The first-order chi connectivity index (χ1) is 15.8. The Morgan fingerprint density at radius 2 is 1.56 bits per heavy atom. The average molecular weight is 471 g/mol. The van der Waals surface area contributed by atoms with Gasteiger partial charge in [-0.25, -0.2) is 0 Å². The molecule has 34 heavy (non-hydrogen) atoms. The largest absolute Gasteiger partial charge is 0.393 e. The van der Waals surface area contributed by atoms with Gasteiger partial charge in [-0.3, -0.25) is 9.79 Å². The predicted molar refractivity (Wildman–Crippen MR) is 138 cm³/mol. The zero-order valence-corrected chi connectivity index (χ0v) is 22.9. The Kier molecular flexibility index (Phi) is 5.51. The van der Waals surface area contributed by atoms with Crippen LogP contribution < -0.4 is 5.73 Å². The van der Waals surface area contributed by atoms with Crippen molar-refractivity contribution in [2.24, 2.45) is 67.4 Å². The number of carbonyl (C=O) groups excluding carboxylic acids is 1. The lowest BCUT2D eigenvalue weighted by Gasteiger charge is -2.72. The van der Waals surface area contributed by atoms with Crippen LogP contribution in [0.1, 0.15) is 106 Å². The van der Waals surface area contributed by atoms with E-state index in [4.69, 9.17) is 5.73 Å². The summed E-state index contributed by atoms with van der Waals surface area (Å²) in [6, 6.07) is 0. The molecule has 4 nitrogen and oxygen atoms in total. The molecule has 5 saturated carbocycles. The minimum Gasteiger partial charge on any atom is -0.393 e. The van der Waals surface area contributed by atoms with Gasteiger partial charge in [0.1, 0.15) is 0 Å². The third-order valence-electron chi connectivity index (χ3n) is 13.8. The third-order valence-corrected chi connectivity index (χ3v) is 13.8. The van der Waals surface area contributed by atoms with E-state index in [9.17, 15) is 9.90 Å². The molecular formula is C30H50N2O2. The molecule has 192 valence electrons. The summed E-state index contributed by atoms with van der Waals surface area (Å²) in [6.07, 6.45) is 11.0. The first-order valence-corrected chi connectivity index (χ1v) is 14.2. The van der Waals surface area contributed by atoms with Gasteiger partial charge in [-0.2, -0.15) is 0 Å². The standard InChI is InChI=1S/C30H50N2O2/c1-18(32-7)19-10-15-30(25(31)34)17-16-28(5)20(24(19)30)8-9-22-27(4)13-12-23(33)26(2,3)21(27)11-14-29(22,28)6/h19-24,33H,8-17H2,1-7H3,(H2,31,34)/t19-,20?,21?,22?,23-,24?,27-,28+,29+,30-/m0/s1. The molecule has 1 amide bonds. The number of primary amides is 1. The molecule has 0 aromatic carbocycles. The minimum atomic E-state index is -0.331. The van der Waals surface area contributed by atoms with E-state index >= 15 is 0 Å². The van der Waals surface area contributed by atoms with Crippen LogP contribution in [0.4, 0.5) is 0 Å². The third kappa shape index (κ3) is 2.81. The molecule has 0 saturated heterocycles. The number of aliphatic imine (C=N–C) groups is 1. The Labute approximate surface area is 207 Å². The van der Waals surface area contributed by atoms with Crippen molar-refractivity contribution in [3.8, 4) is 0 Å². The summed E-state index contributed by atoms with van der Waals surface area (Å²) in [5, 5.41) is 10.9. The summed E-state index contributed by atoms with van der Waals surface area (Å²) in [5.74, 6) is 2.52. The van der Waals surface area contributed by atoms with Gasteiger partial charge in [0.25, 0.3) is 0 Å². The number of carbonyl (C=O) groups is 1. The second-order valence-corrected chi connectivity index (χ2v) is 14.6. The normalized spacial score (nSPS) is 54.4. The van der Waals surface area contributed by atoms with Crippen molar-refractivity contribution in [3.63, 3.8) is 0 Å². The highest BCUT2D eigenvalue weighted by Crippen LogP contribution is 2.77. The predicted octanol–water partition coefficient (Wildman–Crippen LogP) is 6.00. The number of nitrogens with zero attached hydrogens (tertiary/aromatic N) is 1. The Morgan fingerprint density at radius 3 is 2.21 bits per heavy atom. The van der Waals surface area contributed by atoms with Gasteiger partial charge < -0.3 is 10.8 Å². The molecule has 4 heteroatoms. The highest BCUT2D eigenvalue weighted by molar-refractivity contribution is 5.88. The van der Waals surface area contributed by atoms with Gasteiger partial charge >= 0.3 is 0 Å². The van der Waals surface area contributed by atoms with Crippen LogP contribution in [-0.2, 0) is 4.79 Å². The van der Waals surface area contributed by atoms with Crippen LogP contribution in [0.5, 0.6) is 0 Å². The van der Waals surface area contributed by atoms with Gasteiger partial charge in [0.2, 0.25) is 5.91 Å². The van der Waals surface area contributed by atoms with Crippen LogP contribution in [0, 0.1) is 56.7 Å². The Bertz CT molecular complexity index is 896. The molecule has 5 fully saturated rings. The van der Waals surface area contributed by atoms with E-state index < -0.39 is 0 Å². The van der Waals surface area contributed by atoms with Crippen molar-refractivity contribution in [2.75, 3.05) is 7.05 Å². The molecule has 0 heterocycles. The van der Waals surface area contributed by atoms with Crippen molar-refractivity contribution in [1.82, 2.24) is 0 Å². The lowest BCUT2D eigenvalue weighted by Crippen LogP contribution is -2.67. The molecule has 0 aromatic heterocycles. The van der Waals surface area contributed by atoms with Crippen molar-refractivity contribution < 1.29 is 9.90 Å². The molecule has 0 aliphatic heterocycles. The molecule has 3 N–H and O–H groups in total. The van der Waals surface area contributed by atoms with Crippen LogP contribution in [0.15, 0.2) is 4.99 Å². The number of hydrogen-bond acceptors (Lipinski definition) is 3. The van der Waals surface area contributed by atoms with E-state index in [0.29, 0.717) is 29.6 Å². The van der Waals surface area contributed by atoms with Crippen LogP contribution in [0.3, 0.4) is 0 Å². The molecule has 5 rings (SSSR count). The van der Waals surface area contributed by atoms with Crippen LogP contribution in [0.2, 0.25) is 0 Å². The molecule has 5 aliphatic carbocycles. The smallest absolute Gasteiger partial charge is 0.223 e. The lowest BCUT2D eigenvalue weighted by molar-refractivity contribution is -0.245.